The van der Waals surface area contributed by atoms with E-state index in [0.29, 0.717) is 11.4 Å². The van der Waals surface area contributed by atoms with Gasteiger partial charge in [-0.3, -0.25) is 10.1 Å². The van der Waals surface area contributed by atoms with Crippen LogP contribution in [0.5, 0.6) is 0 Å². The summed E-state index contributed by atoms with van der Waals surface area (Å²) in [6, 6.07) is 8.88. The molecular formula is C13H12BrN3O2S. The zero-order valence-corrected chi connectivity index (χ0v) is 13.1. The van der Waals surface area contributed by atoms with E-state index in [9.17, 15) is 10.1 Å². The summed E-state index contributed by atoms with van der Waals surface area (Å²) < 4.78 is 0.945. The molecule has 0 radical (unpaired) electrons. The largest absolute Gasteiger partial charge is 0.383 e. The Morgan fingerprint density at radius 1 is 1.45 bits per heavy atom. The number of nitrogens with one attached hydrogen (secondary N) is 1. The highest BCUT2D eigenvalue weighted by Gasteiger charge is 2.13. The molecule has 0 spiro atoms. The van der Waals surface area contributed by atoms with Crippen LogP contribution < -0.4 is 5.32 Å². The number of thioether (sulfide) groups is 1. The van der Waals surface area contributed by atoms with Gasteiger partial charge in [-0.1, -0.05) is 6.07 Å². The van der Waals surface area contributed by atoms with Crippen LogP contribution in [0.2, 0.25) is 0 Å². The fraction of sp³-hybridized carbons (Fsp3) is 0.154. The monoisotopic (exact) mass is 353 g/mol. The molecule has 0 atom stereocenters. The number of anilines is 1. The molecule has 104 valence electrons. The van der Waals surface area contributed by atoms with Gasteiger partial charge in [-0.25, -0.2) is 4.98 Å². The summed E-state index contributed by atoms with van der Waals surface area (Å²) in [5.74, 6) is 0.697. The van der Waals surface area contributed by atoms with Crippen LogP contribution in [0.1, 0.15) is 5.56 Å². The van der Waals surface area contributed by atoms with Gasteiger partial charge in [0.05, 0.1) is 4.92 Å². The molecule has 0 amide bonds. The van der Waals surface area contributed by atoms with Gasteiger partial charge in [0.1, 0.15) is 10.7 Å². The SMILES string of the molecule is CNc1cc(CSc2ncccc2Br)ccc1[N+](=O)[O-]. The summed E-state index contributed by atoms with van der Waals surface area (Å²) in [5, 5.41) is 14.6. The van der Waals surface area contributed by atoms with Crippen molar-refractivity contribution in [2.75, 3.05) is 12.4 Å². The third-order valence-corrected chi connectivity index (χ3v) is 4.61. The highest BCUT2D eigenvalue weighted by atomic mass is 79.9. The van der Waals surface area contributed by atoms with Gasteiger partial charge in [-0.05, 0) is 39.7 Å². The molecule has 1 N–H and O–H groups in total. The molecule has 1 heterocycles. The molecule has 1 aromatic heterocycles. The lowest BCUT2D eigenvalue weighted by atomic mass is 10.2. The normalized spacial score (nSPS) is 10.3. The average molecular weight is 354 g/mol. The Hall–Kier alpha value is -1.60. The number of pyridine rings is 1. The molecule has 0 bridgehead atoms. The topological polar surface area (TPSA) is 68.1 Å². The van der Waals surface area contributed by atoms with Crippen LogP contribution in [0.25, 0.3) is 0 Å². The number of nitro benzene ring substituents is 1. The van der Waals surface area contributed by atoms with E-state index in [1.807, 2.05) is 12.1 Å². The molecule has 0 aliphatic rings. The van der Waals surface area contributed by atoms with E-state index in [0.717, 1.165) is 15.1 Å². The molecule has 0 aliphatic carbocycles. The van der Waals surface area contributed by atoms with Crippen molar-refractivity contribution in [3.8, 4) is 0 Å². The Morgan fingerprint density at radius 3 is 2.90 bits per heavy atom. The number of hydrogen-bond donors (Lipinski definition) is 1. The van der Waals surface area contributed by atoms with E-state index in [2.05, 4.69) is 26.2 Å². The van der Waals surface area contributed by atoms with Gasteiger partial charge in [0.15, 0.2) is 0 Å². The van der Waals surface area contributed by atoms with Gasteiger partial charge in [-0.2, -0.15) is 0 Å². The quantitative estimate of drug-likeness (QED) is 0.498. The Morgan fingerprint density at radius 2 is 2.25 bits per heavy atom. The molecule has 0 fully saturated rings. The maximum atomic E-state index is 10.9. The second-order valence-corrected chi connectivity index (χ2v) is 5.76. The number of halogens is 1. The number of aromatic nitrogens is 1. The van der Waals surface area contributed by atoms with Crippen LogP contribution >= 0.6 is 27.7 Å². The van der Waals surface area contributed by atoms with Crippen molar-refractivity contribution in [3.05, 3.63) is 56.7 Å². The van der Waals surface area contributed by atoms with E-state index >= 15 is 0 Å². The molecule has 5 nitrogen and oxygen atoms in total. The number of nitro groups is 1. The van der Waals surface area contributed by atoms with Crippen LogP contribution in [-0.2, 0) is 5.75 Å². The summed E-state index contributed by atoms with van der Waals surface area (Å²) in [6.07, 6.45) is 1.74. The number of benzene rings is 1. The minimum Gasteiger partial charge on any atom is -0.383 e. The van der Waals surface area contributed by atoms with Crippen molar-refractivity contribution in [2.24, 2.45) is 0 Å². The first-order valence-corrected chi connectivity index (χ1v) is 7.58. The minimum atomic E-state index is -0.391. The molecule has 0 saturated heterocycles. The van der Waals surface area contributed by atoms with Gasteiger partial charge >= 0.3 is 0 Å². The maximum Gasteiger partial charge on any atom is 0.292 e. The van der Waals surface area contributed by atoms with Crippen molar-refractivity contribution >= 4 is 39.1 Å². The van der Waals surface area contributed by atoms with Gasteiger partial charge < -0.3 is 5.32 Å². The zero-order chi connectivity index (χ0) is 14.5. The number of rotatable bonds is 5. The van der Waals surface area contributed by atoms with Gasteiger partial charge in [0.25, 0.3) is 5.69 Å². The lowest BCUT2D eigenvalue weighted by molar-refractivity contribution is -0.383. The van der Waals surface area contributed by atoms with Crippen molar-refractivity contribution in [3.63, 3.8) is 0 Å². The maximum absolute atomic E-state index is 10.9. The highest BCUT2D eigenvalue weighted by molar-refractivity contribution is 9.10. The standard InChI is InChI=1S/C13H12BrN3O2S/c1-15-11-7-9(4-5-12(11)17(18)19)8-20-13-10(14)3-2-6-16-13/h2-7,15H,8H2,1H3. The third-order valence-electron chi connectivity index (χ3n) is 2.63. The molecule has 0 unspecified atom stereocenters. The summed E-state index contributed by atoms with van der Waals surface area (Å²) in [5.41, 5.74) is 1.61. The van der Waals surface area contributed by atoms with Crippen molar-refractivity contribution in [1.82, 2.24) is 4.98 Å². The summed E-state index contributed by atoms with van der Waals surface area (Å²) in [7, 11) is 1.68. The van der Waals surface area contributed by atoms with E-state index in [1.54, 1.807) is 37.1 Å². The summed E-state index contributed by atoms with van der Waals surface area (Å²) >= 11 is 5.02. The first-order chi connectivity index (χ1) is 9.61. The second-order valence-electron chi connectivity index (χ2n) is 3.94. The Kier molecular flexibility index (Phi) is 4.97. The van der Waals surface area contributed by atoms with Gasteiger partial charge in [0, 0.05) is 29.5 Å². The molecule has 1 aromatic carbocycles. The van der Waals surface area contributed by atoms with Crippen LogP contribution in [0, 0.1) is 10.1 Å². The number of hydrogen-bond acceptors (Lipinski definition) is 5. The molecule has 2 rings (SSSR count). The average Bonchev–Trinajstić information content (AvgIpc) is 2.46. The van der Waals surface area contributed by atoms with Crippen molar-refractivity contribution < 1.29 is 4.92 Å². The zero-order valence-electron chi connectivity index (χ0n) is 10.7. The smallest absolute Gasteiger partial charge is 0.292 e. The van der Waals surface area contributed by atoms with Crippen molar-refractivity contribution in [2.45, 2.75) is 10.8 Å². The molecule has 0 saturated carbocycles. The summed E-state index contributed by atoms with van der Waals surface area (Å²) in [6.45, 7) is 0. The summed E-state index contributed by atoms with van der Waals surface area (Å²) in [4.78, 5) is 14.7. The molecule has 0 aliphatic heterocycles. The lowest BCUT2D eigenvalue weighted by Gasteiger charge is -2.06. The molecule has 2 aromatic rings. The van der Waals surface area contributed by atoms with Gasteiger partial charge in [-0.15, -0.1) is 11.8 Å². The van der Waals surface area contributed by atoms with Crippen LogP contribution in [-0.4, -0.2) is 17.0 Å². The number of nitrogens with zero attached hydrogens (tertiary/aromatic N) is 2. The van der Waals surface area contributed by atoms with E-state index in [-0.39, 0.29) is 5.69 Å². The van der Waals surface area contributed by atoms with Crippen molar-refractivity contribution in [1.29, 1.82) is 0 Å². The van der Waals surface area contributed by atoms with Crippen LogP contribution in [0.3, 0.4) is 0 Å². The Bertz CT molecular complexity index is 637. The Balaban J connectivity index is 2.15. The van der Waals surface area contributed by atoms with Gasteiger partial charge in [0.2, 0.25) is 0 Å². The van der Waals surface area contributed by atoms with E-state index in [1.165, 1.54) is 6.07 Å². The van der Waals surface area contributed by atoms with Crippen LogP contribution in [0.15, 0.2) is 46.0 Å². The third kappa shape index (κ3) is 3.49. The highest BCUT2D eigenvalue weighted by Crippen LogP contribution is 2.30. The fourth-order valence-corrected chi connectivity index (χ4v) is 3.08. The van der Waals surface area contributed by atoms with E-state index < -0.39 is 4.92 Å². The fourth-order valence-electron chi connectivity index (χ4n) is 1.66. The molecule has 20 heavy (non-hydrogen) atoms. The predicted molar refractivity (Wildman–Crippen MR) is 84.1 cm³/mol. The predicted octanol–water partition coefficient (Wildman–Crippen LogP) is 4.09. The molecule has 7 heteroatoms. The first-order valence-electron chi connectivity index (χ1n) is 5.80. The first kappa shape index (κ1) is 14.8. The minimum absolute atomic E-state index is 0.0836. The van der Waals surface area contributed by atoms with Crippen LogP contribution in [0.4, 0.5) is 11.4 Å². The second kappa shape index (κ2) is 6.71. The van der Waals surface area contributed by atoms with E-state index in [4.69, 9.17) is 0 Å². The lowest BCUT2D eigenvalue weighted by Crippen LogP contribution is -1.97. The molecular weight excluding hydrogens is 342 g/mol. The Labute approximate surface area is 129 Å².